The fourth-order valence-electron chi connectivity index (χ4n) is 3.02. The van der Waals surface area contributed by atoms with Crippen LogP contribution in [0.3, 0.4) is 0 Å². The van der Waals surface area contributed by atoms with E-state index in [9.17, 15) is 14.4 Å². The van der Waals surface area contributed by atoms with Crippen molar-refractivity contribution < 1.29 is 14.4 Å². The molecule has 0 radical (unpaired) electrons. The molecule has 0 spiro atoms. The number of hydrogen-bond acceptors (Lipinski definition) is 3. The number of hydrogen-bond donors (Lipinski definition) is 1. The highest BCUT2D eigenvalue weighted by molar-refractivity contribution is 6.42. The summed E-state index contributed by atoms with van der Waals surface area (Å²) >= 11 is 11.9. The maximum Gasteiger partial charge on any atom is 0.261 e. The first kappa shape index (κ1) is 19.4. The highest BCUT2D eigenvalue weighted by atomic mass is 35.5. The molecule has 3 rings (SSSR count). The van der Waals surface area contributed by atoms with Crippen LogP contribution in [0.15, 0.2) is 42.5 Å². The first-order valence-electron chi connectivity index (χ1n) is 8.58. The van der Waals surface area contributed by atoms with Crippen LogP contribution in [-0.4, -0.2) is 29.2 Å². The second-order valence-corrected chi connectivity index (χ2v) is 7.19. The molecule has 2 aromatic carbocycles. The van der Waals surface area contributed by atoms with Gasteiger partial charge in [0.15, 0.2) is 0 Å². The van der Waals surface area contributed by atoms with E-state index in [1.165, 1.54) is 4.90 Å². The third-order valence-corrected chi connectivity index (χ3v) is 5.22. The second-order valence-electron chi connectivity index (χ2n) is 6.37. The van der Waals surface area contributed by atoms with Crippen LogP contribution in [-0.2, 0) is 4.79 Å². The molecule has 7 heteroatoms. The van der Waals surface area contributed by atoms with Crippen molar-refractivity contribution in [2.45, 2.75) is 25.8 Å². The first-order valence-corrected chi connectivity index (χ1v) is 9.33. The van der Waals surface area contributed by atoms with Gasteiger partial charge in [-0.2, -0.15) is 0 Å². The average Bonchev–Trinajstić information content (AvgIpc) is 2.89. The lowest BCUT2D eigenvalue weighted by atomic mass is 10.1. The fourth-order valence-corrected chi connectivity index (χ4v) is 3.33. The molecule has 3 amide bonds. The van der Waals surface area contributed by atoms with Gasteiger partial charge in [0.05, 0.1) is 27.2 Å². The minimum atomic E-state index is -0.305. The summed E-state index contributed by atoms with van der Waals surface area (Å²) in [5.41, 5.74) is 1.68. The van der Waals surface area contributed by atoms with Crippen molar-refractivity contribution in [2.24, 2.45) is 0 Å². The molecule has 0 saturated carbocycles. The number of carbonyl (C=O) groups is 3. The van der Waals surface area contributed by atoms with Crippen LogP contribution in [0.2, 0.25) is 10.0 Å². The molecule has 0 aliphatic carbocycles. The van der Waals surface area contributed by atoms with Crippen molar-refractivity contribution in [3.8, 4) is 0 Å². The summed E-state index contributed by atoms with van der Waals surface area (Å²) in [5.74, 6) is -0.773. The van der Waals surface area contributed by atoms with E-state index in [1.807, 2.05) is 6.92 Å². The zero-order valence-corrected chi connectivity index (χ0v) is 16.2. The van der Waals surface area contributed by atoms with Crippen LogP contribution < -0.4 is 5.32 Å². The molecule has 1 unspecified atom stereocenters. The van der Waals surface area contributed by atoms with Gasteiger partial charge in [-0.3, -0.25) is 19.3 Å². The van der Waals surface area contributed by atoms with Gasteiger partial charge in [0.1, 0.15) is 0 Å². The van der Waals surface area contributed by atoms with Gasteiger partial charge in [-0.1, -0.05) is 41.4 Å². The smallest absolute Gasteiger partial charge is 0.261 e. The van der Waals surface area contributed by atoms with Crippen molar-refractivity contribution in [2.75, 3.05) is 6.54 Å². The largest absolute Gasteiger partial charge is 0.350 e. The van der Waals surface area contributed by atoms with E-state index in [0.717, 1.165) is 5.56 Å². The lowest BCUT2D eigenvalue weighted by Gasteiger charge is -2.16. The van der Waals surface area contributed by atoms with Crippen LogP contribution in [0.4, 0.5) is 0 Å². The van der Waals surface area contributed by atoms with E-state index in [1.54, 1.807) is 42.5 Å². The lowest BCUT2D eigenvalue weighted by Crippen LogP contribution is -2.32. The minimum Gasteiger partial charge on any atom is -0.350 e. The summed E-state index contributed by atoms with van der Waals surface area (Å²) < 4.78 is 0. The zero-order valence-electron chi connectivity index (χ0n) is 14.7. The molecule has 1 N–H and O–H groups in total. The summed E-state index contributed by atoms with van der Waals surface area (Å²) in [6.45, 7) is 2.06. The number of amides is 3. The molecule has 1 heterocycles. The molecular formula is C20H18Cl2N2O3. The summed E-state index contributed by atoms with van der Waals surface area (Å²) in [4.78, 5) is 37.9. The van der Waals surface area contributed by atoms with E-state index in [4.69, 9.17) is 23.2 Å². The molecule has 27 heavy (non-hydrogen) atoms. The summed E-state index contributed by atoms with van der Waals surface area (Å²) in [7, 11) is 0. The third kappa shape index (κ3) is 4.15. The van der Waals surface area contributed by atoms with Crippen LogP contribution in [0, 0.1) is 0 Å². The number of nitrogens with zero attached hydrogens (tertiary/aromatic N) is 1. The van der Waals surface area contributed by atoms with E-state index in [-0.39, 0.29) is 36.7 Å². The van der Waals surface area contributed by atoms with Gasteiger partial charge in [-0.15, -0.1) is 0 Å². The van der Waals surface area contributed by atoms with Gasteiger partial charge >= 0.3 is 0 Å². The zero-order chi connectivity index (χ0) is 19.6. The Morgan fingerprint density at radius 2 is 1.67 bits per heavy atom. The molecule has 0 saturated heterocycles. The molecular weight excluding hydrogens is 387 g/mol. The van der Waals surface area contributed by atoms with Crippen molar-refractivity contribution >= 4 is 40.9 Å². The summed E-state index contributed by atoms with van der Waals surface area (Å²) in [6.07, 6.45) is 0.602. The van der Waals surface area contributed by atoms with Crippen molar-refractivity contribution in [3.05, 3.63) is 69.2 Å². The highest BCUT2D eigenvalue weighted by Crippen LogP contribution is 2.26. The number of nitrogens with one attached hydrogen (secondary N) is 1. The van der Waals surface area contributed by atoms with Gasteiger partial charge in [0.2, 0.25) is 5.91 Å². The molecule has 0 aromatic heterocycles. The number of imide groups is 1. The van der Waals surface area contributed by atoms with Crippen molar-refractivity contribution in [1.29, 1.82) is 0 Å². The van der Waals surface area contributed by atoms with Gasteiger partial charge in [0, 0.05) is 13.0 Å². The Bertz CT molecular complexity index is 879. The first-order chi connectivity index (χ1) is 12.9. The Kier molecular flexibility index (Phi) is 5.82. The van der Waals surface area contributed by atoms with E-state index in [2.05, 4.69) is 5.32 Å². The number of carbonyl (C=O) groups excluding carboxylic acids is 3. The lowest BCUT2D eigenvalue weighted by molar-refractivity contribution is -0.121. The fraction of sp³-hybridized carbons (Fsp3) is 0.250. The van der Waals surface area contributed by atoms with Gasteiger partial charge in [-0.05, 0) is 43.2 Å². The number of halogens is 2. The van der Waals surface area contributed by atoms with Crippen LogP contribution in [0.5, 0.6) is 0 Å². The Balaban J connectivity index is 1.51. The normalized spacial score (nSPS) is 14.3. The van der Waals surface area contributed by atoms with Gasteiger partial charge in [0.25, 0.3) is 11.8 Å². The van der Waals surface area contributed by atoms with Gasteiger partial charge < -0.3 is 5.32 Å². The predicted molar refractivity (Wildman–Crippen MR) is 104 cm³/mol. The third-order valence-electron chi connectivity index (χ3n) is 4.48. The maximum atomic E-state index is 12.3. The minimum absolute atomic E-state index is 0.162. The highest BCUT2D eigenvalue weighted by Gasteiger charge is 2.34. The molecule has 0 fully saturated rings. The predicted octanol–water partition coefficient (Wildman–Crippen LogP) is 4.25. The Morgan fingerprint density at radius 3 is 2.26 bits per heavy atom. The molecule has 2 aromatic rings. The van der Waals surface area contributed by atoms with E-state index < -0.39 is 0 Å². The molecule has 140 valence electrons. The van der Waals surface area contributed by atoms with Crippen LogP contribution in [0.25, 0.3) is 0 Å². The Labute approximate surface area is 167 Å². The van der Waals surface area contributed by atoms with Crippen molar-refractivity contribution in [3.63, 3.8) is 0 Å². The number of fused-ring (bicyclic) bond motifs is 1. The number of rotatable bonds is 6. The van der Waals surface area contributed by atoms with E-state index >= 15 is 0 Å². The quantitative estimate of drug-likeness (QED) is 0.731. The molecule has 1 aliphatic heterocycles. The molecule has 1 aliphatic rings. The average molecular weight is 405 g/mol. The van der Waals surface area contributed by atoms with Gasteiger partial charge in [-0.25, -0.2) is 0 Å². The van der Waals surface area contributed by atoms with Crippen LogP contribution >= 0.6 is 23.2 Å². The van der Waals surface area contributed by atoms with Crippen molar-refractivity contribution in [1.82, 2.24) is 10.2 Å². The topological polar surface area (TPSA) is 66.5 Å². The second kappa shape index (κ2) is 8.11. The summed E-state index contributed by atoms with van der Waals surface area (Å²) in [6, 6.07) is 11.7. The Hall–Kier alpha value is -2.37. The maximum absolute atomic E-state index is 12.3. The Morgan fingerprint density at radius 1 is 1.04 bits per heavy atom. The molecule has 1 atom stereocenters. The summed E-state index contributed by atoms with van der Waals surface area (Å²) in [5, 5.41) is 3.77. The van der Waals surface area contributed by atoms with E-state index in [0.29, 0.717) is 27.6 Å². The monoisotopic (exact) mass is 404 g/mol. The van der Waals surface area contributed by atoms with Crippen LogP contribution in [0.1, 0.15) is 52.1 Å². The molecule has 5 nitrogen and oxygen atoms in total. The molecule has 0 bridgehead atoms. The standard InChI is InChI=1S/C20H18Cl2N2O3/c1-12(13-8-9-16(21)17(22)11-13)23-18(25)7-4-10-24-19(26)14-5-2-3-6-15(14)20(24)27/h2-3,5-6,8-9,11-12H,4,7,10H2,1H3,(H,23,25). The number of benzene rings is 2. The SMILES string of the molecule is CC(NC(=O)CCCN1C(=O)c2ccccc2C1=O)c1ccc(Cl)c(Cl)c1.